The summed E-state index contributed by atoms with van der Waals surface area (Å²) < 4.78 is 5.43. The van der Waals surface area contributed by atoms with Crippen LogP contribution >= 0.6 is 0 Å². The van der Waals surface area contributed by atoms with Gasteiger partial charge in [-0.05, 0) is 31.5 Å². The van der Waals surface area contributed by atoms with Gasteiger partial charge in [-0.15, -0.1) is 0 Å². The Bertz CT molecular complexity index is 764. The fourth-order valence-corrected chi connectivity index (χ4v) is 3.83. The van der Waals surface area contributed by atoms with Crippen LogP contribution < -0.4 is 9.80 Å². The van der Waals surface area contributed by atoms with E-state index in [1.165, 1.54) is 0 Å². The minimum atomic E-state index is 0.460. The number of likely N-dealkylation sites (N-methyl/N-ethyl adjacent to an activating group) is 1. The minimum Gasteiger partial charge on any atom is -0.378 e. The first kappa shape index (κ1) is 18.1. The van der Waals surface area contributed by atoms with Crippen molar-refractivity contribution < 1.29 is 4.74 Å². The van der Waals surface area contributed by atoms with E-state index in [0.29, 0.717) is 6.04 Å². The molecule has 2 aliphatic heterocycles. The quantitative estimate of drug-likeness (QED) is 0.796. The number of morpholine rings is 1. The van der Waals surface area contributed by atoms with Gasteiger partial charge in [0.05, 0.1) is 18.9 Å². The Morgan fingerprint density at radius 3 is 2.81 bits per heavy atom. The van der Waals surface area contributed by atoms with Gasteiger partial charge in [0.1, 0.15) is 5.82 Å². The van der Waals surface area contributed by atoms with Crippen LogP contribution in [0.15, 0.2) is 30.5 Å². The molecule has 2 saturated heterocycles. The minimum absolute atomic E-state index is 0.460. The van der Waals surface area contributed by atoms with Gasteiger partial charge in [-0.25, -0.2) is 4.98 Å². The highest BCUT2D eigenvalue weighted by Crippen LogP contribution is 2.22. The lowest BCUT2D eigenvalue weighted by Gasteiger charge is -2.29. The van der Waals surface area contributed by atoms with Gasteiger partial charge in [0.15, 0.2) is 0 Å². The van der Waals surface area contributed by atoms with Crippen LogP contribution in [0.1, 0.15) is 17.8 Å². The summed E-state index contributed by atoms with van der Waals surface area (Å²) in [6.07, 6.45) is 3.01. The molecule has 2 fully saturated rings. The van der Waals surface area contributed by atoms with Crippen LogP contribution in [0, 0.1) is 6.92 Å². The number of rotatable bonds is 5. The predicted octanol–water partition coefficient (Wildman–Crippen LogP) is 1.73. The molecule has 0 saturated carbocycles. The molecule has 0 spiro atoms. The van der Waals surface area contributed by atoms with Gasteiger partial charge in [0.2, 0.25) is 5.95 Å². The number of anilines is 2. The first-order valence-corrected chi connectivity index (χ1v) is 9.72. The van der Waals surface area contributed by atoms with Crippen molar-refractivity contribution in [1.82, 2.24) is 19.9 Å². The van der Waals surface area contributed by atoms with E-state index in [0.717, 1.165) is 75.5 Å². The van der Waals surface area contributed by atoms with Crippen LogP contribution in [-0.4, -0.2) is 72.3 Å². The summed E-state index contributed by atoms with van der Waals surface area (Å²) in [5.74, 6) is 1.80. The van der Waals surface area contributed by atoms with Crippen LogP contribution in [0.4, 0.5) is 11.8 Å². The lowest BCUT2D eigenvalue weighted by molar-refractivity contribution is 0.122. The summed E-state index contributed by atoms with van der Waals surface area (Å²) >= 11 is 0. The maximum Gasteiger partial charge on any atom is 0.227 e. The van der Waals surface area contributed by atoms with Crippen LogP contribution in [0.25, 0.3) is 0 Å². The van der Waals surface area contributed by atoms with E-state index in [-0.39, 0.29) is 0 Å². The fraction of sp³-hybridized carbons (Fsp3) is 0.550. The lowest BCUT2D eigenvalue weighted by atomic mass is 10.2. The summed E-state index contributed by atoms with van der Waals surface area (Å²) in [6, 6.07) is 8.72. The fourth-order valence-electron chi connectivity index (χ4n) is 3.83. The number of pyridine rings is 1. The van der Waals surface area contributed by atoms with E-state index in [1.807, 2.05) is 25.3 Å². The monoisotopic (exact) mass is 368 g/mol. The number of ether oxygens (including phenoxy) is 1. The van der Waals surface area contributed by atoms with Crippen LogP contribution in [-0.2, 0) is 11.3 Å². The van der Waals surface area contributed by atoms with E-state index in [2.05, 4.69) is 43.8 Å². The zero-order chi connectivity index (χ0) is 18.6. The molecule has 0 bridgehead atoms. The second-order valence-electron chi connectivity index (χ2n) is 7.37. The highest BCUT2D eigenvalue weighted by Gasteiger charge is 2.27. The Balaban J connectivity index is 1.39. The standard InChI is InChI=1S/C20H28N6O/c1-16-4-3-5-17(22-16)14-25-9-7-18(15-25)24(2)19-6-8-21-20(23-19)26-10-12-27-13-11-26/h3-6,8,18H,7,9-15H2,1-2H3. The van der Waals surface area contributed by atoms with Gasteiger partial charge in [-0.3, -0.25) is 9.88 Å². The van der Waals surface area contributed by atoms with Gasteiger partial charge in [-0.1, -0.05) is 6.07 Å². The molecule has 0 aliphatic carbocycles. The third-order valence-corrected chi connectivity index (χ3v) is 5.41. The van der Waals surface area contributed by atoms with Gasteiger partial charge in [-0.2, -0.15) is 4.98 Å². The number of hydrogen-bond donors (Lipinski definition) is 0. The molecule has 2 aromatic heterocycles. The zero-order valence-electron chi connectivity index (χ0n) is 16.2. The third-order valence-electron chi connectivity index (χ3n) is 5.41. The zero-order valence-corrected chi connectivity index (χ0v) is 16.2. The van der Waals surface area contributed by atoms with Crippen molar-refractivity contribution in [2.24, 2.45) is 0 Å². The first-order chi connectivity index (χ1) is 13.2. The molecule has 0 aromatic carbocycles. The summed E-state index contributed by atoms with van der Waals surface area (Å²) in [6.45, 7) is 8.28. The predicted molar refractivity (Wildman–Crippen MR) is 106 cm³/mol. The number of aromatic nitrogens is 3. The first-order valence-electron chi connectivity index (χ1n) is 9.72. The Kier molecular flexibility index (Phi) is 5.50. The third kappa shape index (κ3) is 4.36. The van der Waals surface area contributed by atoms with Crippen LogP contribution in [0.2, 0.25) is 0 Å². The molecule has 4 rings (SSSR count). The Labute approximate surface area is 161 Å². The molecule has 144 valence electrons. The average molecular weight is 368 g/mol. The summed E-state index contributed by atoms with van der Waals surface area (Å²) in [4.78, 5) is 20.9. The Morgan fingerprint density at radius 2 is 2.00 bits per heavy atom. The van der Waals surface area contributed by atoms with Crippen molar-refractivity contribution in [2.45, 2.75) is 25.9 Å². The molecule has 1 unspecified atom stereocenters. The topological polar surface area (TPSA) is 57.6 Å². The second-order valence-corrected chi connectivity index (χ2v) is 7.37. The molecule has 7 heteroatoms. The van der Waals surface area contributed by atoms with E-state index in [4.69, 9.17) is 9.72 Å². The lowest BCUT2D eigenvalue weighted by Crippen LogP contribution is -2.38. The van der Waals surface area contributed by atoms with Crippen molar-refractivity contribution in [2.75, 3.05) is 56.2 Å². The average Bonchev–Trinajstić information content (AvgIpc) is 3.16. The SMILES string of the molecule is Cc1cccc(CN2CCC(N(C)c3ccnc(N4CCOCC4)n3)C2)n1. The van der Waals surface area contributed by atoms with E-state index in [9.17, 15) is 0 Å². The Morgan fingerprint density at radius 1 is 1.15 bits per heavy atom. The molecule has 4 heterocycles. The van der Waals surface area contributed by atoms with Gasteiger partial charge < -0.3 is 14.5 Å². The molecular formula is C20H28N6O. The summed E-state index contributed by atoms with van der Waals surface area (Å²) in [5, 5.41) is 0. The highest BCUT2D eigenvalue weighted by atomic mass is 16.5. The number of hydrogen-bond acceptors (Lipinski definition) is 7. The Hall–Kier alpha value is -2.25. The van der Waals surface area contributed by atoms with Crippen molar-refractivity contribution in [3.63, 3.8) is 0 Å². The van der Waals surface area contributed by atoms with Crippen molar-refractivity contribution in [3.8, 4) is 0 Å². The van der Waals surface area contributed by atoms with Gasteiger partial charge in [0.25, 0.3) is 0 Å². The molecule has 7 nitrogen and oxygen atoms in total. The number of aryl methyl sites for hydroxylation is 1. The molecule has 27 heavy (non-hydrogen) atoms. The second kappa shape index (κ2) is 8.19. The smallest absolute Gasteiger partial charge is 0.227 e. The van der Waals surface area contributed by atoms with Crippen molar-refractivity contribution in [1.29, 1.82) is 0 Å². The number of likely N-dealkylation sites (tertiary alicyclic amines) is 1. The van der Waals surface area contributed by atoms with E-state index in [1.54, 1.807) is 0 Å². The van der Waals surface area contributed by atoms with E-state index >= 15 is 0 Å². The molecule has 2 aromatic rings. The molecule has 0 amide bonds. The van der Waals surface area contributed by atoms with Crippen LogP contribution in [0.3, 0.4) is 0 Å². The molecule has 0 radical (unpaired) electrons. The molecular weight excluding hydrogens is 340 g/mol. The highest BCUT2D eigenvalue weighted by molar-refractivity contribution is 5.44. The summed E-state index contributed by atoms with van der Waals surface area (Å²) in [7, 11) is 2.14. The van der Waals surface area contributed by atoms with Gasteiger partial charge in [0, 0.05) is 57.7 Å². The maximum atomic E-state index is 5.43. The largest absolute Gasteiger partial charge is 0.378 e. The van der Waals surface area contributed by atoms with Crippen LogP contribution in [0.5, 0.6) is 0 Å². The van der Waals surface area contributed by atoms with Gasteiger partial charge >= 0.3 is 0 Å². The normalized spacial score (nSPS) is 20.8. The summed E-state index contributed by atoms with van der Waals surface area (Å²) in [5.41, 5.74) is 2.23. The van der Waals surface area contributed by atoms with E-state index < -0.39 is 0 Å². The van der Waals surface area contributed by atoms with Crippen molar-refractivity contribution >= 4 is 11.8 Å². The van der Waals surface area contributed by atoms with Crippen molar-refractivity contribution in [3.05, 3.63) is 41.9 Å². The molecule has 0 N–H and O–H groups in total. The maximum absolute atomic E-state index is 5.43. The molecule has 2 aliphatic rings. The molecule has 1 atom stereocenters. The number of nitrogens with zero attached hydrogens (tertiary/aromatic N) is 6.